The Hall–Kier alpha value is -10.2. The van der Waals surface area contributed by atoms with E-state index in [0.717, 1.165) is 57.5 Å². The van der Waals surface area contributed by atoms with Crippen molar-refractivity contribution in [2.24, 2.45) is 0 Å². The number of aromatic nitrogens is 6. The molecule has 1 aliphatic carbocycles. The number of benzene rings is 3. The van der Waals surface area contributed by atoms with E-state index in [1.54, 1.807) is 49.8 Å². The van der Waals surface area contributed by atoms with Crippen LogP contribution >= 0.6 is 15.9 Å². The standard InChI is InChI=1S/C24H17F4N3O2.C20H21BF4N2O3.C14H18BFO4.C9H7BrN2O.C6H5F3N2/c1-13(32)18-4-5-21-19(18)8-16(12-30-21)14-2-3-15(20(25)9-14)10-23(33)31-17-6-7-29-22(11-17)24(26,27)28;1-18(2)19(3,4)30-21(29-18)13-6-5-12(15(22)10-13)9-17(28)27-14-7-8-26-16(11-14)20(23,24)25;1-13(2)14(3,4)20-15(19-13)10-6-5-9(7-12(17)18)11(16)8-10;1-5(13)8-4-12-9-7(8)2-6(10)3-11-9;7-6(8,9)5-3-4(10)1-2-11-5/h2-4,6-9,11-12H,5,10H2,1H3,(H,29,31,33);5-8,10-11H,9H2,1-4H3,(H,26,27,28);5-6,8H,7H2,1-4H3,(H,17,18);2-4H,1H3,(H,11,12);1-3H,(H2,10,11). The number of anilines is 3. The van der Waals surface area contributed by atoms with E-state index in [1.165, 1.54) is 61.5 Å². The number of nitrogens with one attached hydrogen (secondary N) is 3. The van der Waals surface area contributed by atoms with Crippen LogP contribution < -0.4 is 27.3 Å². The Bertz CT molecular complexity index is 4830. The predicted octanol–water partition coefficient (Wildman–Crippen LogP) is 14.7. The lowest BCUT2D eigenvalue weighted by Gasteiger charge is -2.32. The van der Waals surface area contributed by atoms with Gasteiger partial charge < -0.3 is 45.1 Å². The Morgan fingerprint density at radius 1 is 0.542 bits per heavy atom. The molecule has 2 amide bonds. The molecule has 2 fully saturated rings. The van der Waals surface area contributed by atoms with Crippen molar-refractivity contribution in [3.63, 3.8) is 0 Å². The van der Waals surface area contributed by atoms with Crippen molar-refractivity contribution in [1.29, 1.82) is 0 Å². The third-order valence-electron chi connectivity index (χ3n) is 17.4. The molecule has 0 atom stereocenters. The number of pyridine rings is 5. The lowest BCUT2D eigenvalue weighted by molar-refractivity contribution is -0.141. The number of alkyl halides is 9. The molecule has 34 heteroatoms. The normalized spacial score (nSPS) is 15.2. The Morgan fingerprint density at radius 2 is 0.981 bits per heavy atom. The number of allylic oxidation sites excluding steroid dienone is 2. The van der Waals surface area contributed by atoms with E-state index in [0.29, 0.717) is 45.7 Å². The molecule has 2 saturated heterocycles. The zero-order valence-corrected chi connectivity index (χ0v) is 60.3. The smallest absolute Gasteiger partial charge is 0.481 e. The summed E-state index contributed by atoms with van der Waals surface area (Å²) in [5.74, 6) is -4.25. The molecule has 9 aromatic rings. The van der Waals surface area contributed by atoms with Gasteiger partial charge in [0.05, 0.1) is 47.4 Å². The van der Waals surface area contributed by atoms with Crippen LogP contribution in [0, 0.1) is 17.5 Å². The molecular weight excluding hydrogens is 1490 g/mol. The predicted molar refractivity (Wildman–Crippen MR) is 378 cm³/mol. The fourth-order valence-corrected chi connectivity index (χ4v) is 10.7. The van der Waals surface area contributed by atoms with Crippen LogP contribution in [0.3, 0.4) is 0 Å². The Labute approximate surface area is 613 Å². The Morgan fingerprint density at radius 3 is 1.39 bits per heavy atom. The van der Waals surface area contributed by atoms with E-state index in [9.17, 15) is 76.7 Å². The van der Waals surface area contributed by atoms with Crippen LogP contribution in [0.5, 0.6) is 0 Å². The highest BCUT2D eigenvalue weighted by molar-refractivity contribution is 9.10. The molecule has 3 aliphatic rings. The van der Waals surface area contributed by atoms with Gasteiger partial charge >= 0.3 is 38.7 Å². The molecule has 0 bridgehead atoms. The summed E-state index contributed by atoms with van der Waals surface area (Å²) in [7, 11) is -1.39. The molecule has 2 aliphatic heterocycles. The monoisotopic (exact) mass is 1560 g/mol. The number of Topliss-reactive ketones (excluding diaryl/α,β-unsaturated/α-hetero) is 2. The molecule has 107 heavy (non-hydrogen) atoms. The summed E-state index contributed by atoms with van der Waals surface area (Å²) < 4.78 is 179. The molecule has 562 valence electrons. The number of amides is 2. The summed E-state index contributed by atoms with van der Waals surface area (Å²) in [5.41, 5.74) is 5.66. The quantitative estimate of drug-likeness (QED) is 0.0408. The first-order valence-corrected chi connectivity index (χ1v) is 33.1. The minimum atomic E-state index is -4.64. The second kappa shape index (κ2) is 32.9. The first-order chi connectivity index (χ1) is 49.7. The van der Waals surface area contributed by atoms with E-state index < -0.39 is 107 Å². The number of nitrogens with two attached hydrogens (primary N) is 1. The number of nitrogen functional groups attached to an aromatic ring is 1. The van der Waals surface area contributed by atoms with Crippen LogP contribution in [-0.4, -0.2) is 101 Å². The maximum absolute atomic E-state index is 14.7. The van der Waals surface area contributed by atoms with Gasteiger partial charge in [-0.3, -0.25) is 43.9 Å². The third kappa shape index (κ3) is 21.4. The molecule has 0 spiro atoms. The highest BCUT2D eigenvalue weighted by Crippen LogP contribution is 2.39. The van der Waals surface area contributed by atoms with Crippen molar-refractivity contribution in [3.8, 4) is 11.1 Å². The van der Waals surface area contributed by atoms with Crippen LogP contribution in [0.4, 0.5) is 69.7 Å². The van der Waals surface area contributed by atoms with Crippen LogP contribution in [0.25, 0.3) is 27.7 Å². The highest BCUT2D eigenvalue weighted by Gasteiger charge is 2.53. The Kier molecular flexibility index (Phi) is 25.4. The second-order valence-electron chi connectivity index (χ2n) is 26.4. The maximum atomic E-state index is 14.7. The lowest BCUT2D eigenvalue weighted by Crippen LogP contribution is -2.41. The molecule has 0 unspecified atom stereocenters. The number of aromatic amines is 1. The number of nitrogens with zero attached hydrogens (tertiary/aromatic N) is 5. The van der Waals surface area contributed by atoms with Gasteiger partial charge in [0.25, 0.3) is 0 Å². The van der Waals surface area contributed by atoms with Crippen molar-refractivity contribution in [2.45, 2.75) is 136 Å². The molecule has 6 N–H and O–H groups in total. The third-order valence-corrected chi connectivity index (χ3v) is 17.8. The zero-order chi connectivity index (χ0) is 79.1. The summed E-state index contributed by atoms with van der Waals surface area (Å²) in [4.78, 5) is 79.0. The van der Waals surface area contributed by atoms with E-state index >= 15 is 0 Å². The van der Waals surface area contributed by atoms with Crippen LogP contribution in [-0.2, 0) is 82.0 Å². The molecule has 0 saturated carbocycles. The van der Waals surface area contributed by atoms with Crippen molar-refractivity contribution in [1.82, 2.24) is 29.9 Å². The van der Waals surface area contributed by atoms with Crippen LogP contribution in [0.15, 0.2) is 151 Å². The number of ketones is 2. The molecule has 8 heterocycles. The largest absolute Gasteiger partial charge is 0.494 e. The Balaban J connectivity index is 0.000000178. The summed E-state index contributed by atoms with van der Waals surface area (Å²) in [5, 5.41) is 14.2. The summed E-state index contributed by atoms with van der Waals surface area (Å²) >= 11 is 3.31. The summed E-state index contributed by atoms with van der Waals surface area (Å²) in [6, 6.07) is 22.6. The van der Waals surface area contributed by atoms with Gasteiger partial charge in [-0.15, -0.1) is 0 Å². The van der Waals surface area contributed by atoms with Crippen molar-refractivity contribution in [2.75, 3.05) is 16.4 Å². The number of fused-ring (bicyclic) bond motifs is 2. The molecule has 12 rings (SSSR count). The number of carboxylic acids is 1. The zero-order valence-electron chi connectivity index (χ0n) is 58.7. The molecule has 0 radical (unpaired) electrons. The van der Waals surface area contributed by atoms with E-state index in [1.807, 2.05) is 67.5 Å². The van der Waals surface area contributed by atoms with Gasteiger partial charge in [-0.25, -0.2) is 18.2 Å². The minimum Gasteiger partial charge on any atom is -0.481 e. The minimum absolute atomic E-state index is 0.0474. The van der Waals surface area contributed by atoms with Gasteiger partial charge in [0.15, 0.2) is 11.6 Å². The summed E-state index contributed by atoms with van der Waals surface area (Å²) in [6.07, 6.45) is -4.47. The molecular formula is C73H68B2BrF12N9O10. The number of carboxylic acid groups (broad SMARTS) is 1. The number of carbonyl (C=O) groups is 5. The molecule has 6 aromatic heterocycles. The highest BCUT2D eigenvalue weighted by atomic mass is 79.9. The maximum Gasteiger partial charge on any atom is 0.494 e. The average molecular weight is 1560 g/mol. The average Bonchev–Trinajstić information content (AvgIpc) is 1.62. The number of hydrogen-bond donors (Lipinski definition) is 5. The second-order valence-corrected chi connectivity index (χ2v) is 27.4. The number of carbonyl (C=O) groups excluding carboxylic acids is 4. The topological polar surface area (TPSA) is 273 Å². The SMILES string of the molecule is CC(=O)C1=CCc2ncc(-c3ccc(CC(=O)Nc4ccnc(C(F)(F)F)c4)c(F)c3)cc21.CC(=O)c1c[nH]c2ncc(Br)cc12.CC1(C)OB(c2ccc(CC(=O)Nc3ccnc(C(F)(F)F)c3)c(F)c2)OC1(C)C.CC1(C)OB(c2ccc(CC(=O)O)c(F)c2)OC1(C)C.Nc1ccnc(C(F)(F)F)c1. The number of aliphatic carboxylic acids is 1. The first kappa shape index (κ1) is 82.5. The number of hydrogen-bond acceptors (Lipinski definition) is 15. The summed E-state index contributed by atoms with van der Waals surface area (Å²) in [6.45, 7) is 18.2. The number of halogens is 13. The van der Waals surface area contributed by atoms with Gasteiger partial charge in [-0.05, 0) is 185 Å². The van der Waals surface area contributed by atoms with Crippen molar-refractivity contribution >= 4 is 104 Å². The van der Waals surface area contributed by atoms with Crippen molar-refractivity contribution < 1.29 is 100 Å². The van der Waals surface area contributed by atoms with Gasteiger partial charge in [0.2, 0.25) is 11.8 Å². The van der Waals surface area contributed by atoms with E-state index in [4.69, 9.17) is 29.5 Å². The fourth-order valence-electron chi connectivity index (χ4n) is 10.3. The van der Waals surface area contributed by atoms with Gasteiger partial charge in [-0.1, -0.05) is 42.5 Å². The lowest BCUT2D eigenvalue weighted by atomic mass is 9.78. The number of H-pyrrole nitrogens is 1. The van der Waals surface area contributed by atoms with Crippen molar-refractivity contribution in [3.05, 3.63) is 219 Å². The van der Waals surface area contributed by atoms with E-state index in [2.05, 4.69) is 56.5 Å². The van der Waals surface area contributed by atoms with Gasteiger partial charge in [-0.2, -0.15) is 39.5 Å². The first-order valence-electron chi connectivity index (χ1n) is 32.3. The van der Waals surface area contributed by atoms with Crippen LogP contribution in [0.1, 0.15) is 125 Å². The van der Waals surface area contributed by atoms with E-state index in [-0.39, 0.29) is 64.6 Å². The van der Waals surface area contributed by atoms with Crippen LogP contribution in [0.2, 0.25) is 0 Å². The van der Waals surface area contributed by atoms with Gasteiger partial charge in [0.1, 0.15) is 40.2 Å². The van der Waals surface area contributed by atoms with Gasteiger partial charge in [0, 0.05) is 92.8 Å². The number of rotatable bonds is 13. The molecule has 3 aromatic carbocycles. The molecule has 19 nitrogen and oxygen atoms in total. The fraction of sp³-hybridized carbons (Fsp3) is 0.288.